The summed E-state index contributed by atoms with van der Waals surface area (Å²) >= 11 is 1.76. The van der Waals surface area contributed by atoms with Crippen LogP contribution in [-0.2, 0) is 0 Å². The summed E-state index contributed by atoms with van der Waals surface area (Å²) in [6.45, 7) is 0. The molecule has 0 radical (unpaired) electrons. The van der Waals surface area contributed by atoms with Crippen LogP contribution in [0.3, 0.4) is 0 Å². The minimum absolute atomic E-state index is 0.739. The van der Waals surface area contributed by atoms with Crippen molar-refractivity contribution in [3.05, 3.63) is 182 Å². The Hall–Kier alpha value is -7.14. The molecule has 56 heavy (non-hydrogen) atoms. The molecule has 4 heteroatoms. The maximum Gasteiger partial charge on any atom is 0.160 e. The molecule has 0 spiro atoms. The zero-order valence-corrected chi connectivity index (χ0v) is 30.8. The number of nitrogens with zero attached hydrogens (tertiary/aromatic N) is 2. The fourth-order valence-corrected chi connectivity index (χ4v) is 9.75. The van der Waals surface area contributed by atoms with E-state index in [2.05, 4.69) is 158 Å². The van der Waals surface area contributed by atoms with E-state index in [1.807, 2.05) is 24.3 Å². The lowest BCUT2D eigenvalue weighted by Crippen LogP contribution is -1.93. The van der Waals surface area contributed by atoms with Gasteiger partial charge in [0.1, 0.15) is 11.2 Å². The first kappa shape index (κ1) is 31.2. The molecule has 0 aliphatic rings. The second kappa shape index (κ2) is 12.2. The van der Waals surface area contributed by atoms with Crippen LogP contribution in [0.25, 0.3) is 119 Å². The van der Waals surface area contributed by atoms with E-state index in [4.69, 9.17) is 14.4 Å². The van der Waals surface area contributed by atoms with E-state index in [1.54, 1.807) is 11.3 Å². The van der Waals surface area contributed by atoms with Crippen LogP contribution < -0.4 is 0 Å². The molecule has 0 N–H and O–H groups in total. The predicted molar refractivity (Wildman–Crippen MR) is 236 cm³/mol. The van der Waals surface area contributed by atoms with Gasteiger partial charge in [0, 0.05) is 32.0 Å². The molecule has 0 saturated heterocycles. The molecule has 0 atom stereocenters. The van der Waals surface area contributed by atoms with Gasteiger partial charge < -0.3 is 4.42 Å². The molecule has 12 aromatic rings. The van der Waals surface area contributed by atoms with E-state index in [9.17, 15) is 0 Å². The molecule has 260 valence electrons. The van der Waals surface area contributed by atoms with E-state index in [1.165, 1.54) is 48.1 Å². The molecule has 0 amide bonds. The Balaban J connectivity index is 0.984. The highest BCUT2D eigenvalue weighted by atomic mass is 32.1. The first-order chi connectivity index (χ1) is 27.7. The third kappa shape index (κ3) is 4.83. The van der Waals surface area contributed by atoms with Crippen molar-refractivity contribution in [1.29, 1.82) is 0 Å². The van der Waals surface area contributed by atoms with E-state index >= 15 is 0 Å². The second-order valence-corrected chi connectivity index (χ2v) is 15.5. The third-order valence-corrected chi connectivity index (χ3v) is 12.4. The van der Waals surface area contributed by atoms with Crippen LogP contribution in [0.4, 0.5) is 0 Å². The predicted octanol–water partition coefficient (Wildman–Crippen LogP) is 14.9. The quantitative estimate of drug-likeness (QED) is 0.169. The summed E-state index contributed by atoms with van der Waals surface area (Å²) in [7, 11) is 0. The van der Waals surface area contributed by atoms with Crippen LogP contribution in [-0.4, -0.2) is 9.97 Å². The van der Waals surface area contributed by atoms with E-state index in [-0.39, 0.29) is 0 Å². The molecule has 3 aromatic heterocycles. The molecule has 0 fully saturated rings. The number of furan rings is 1. The van der Waals surface area contributed by atoms with Crippen molar-refractivity contribution in [2.45, 2.75) is 0 Å². The molecular weight excluding hydrogens is 701 g/mol. The summed E-state index contributed by atoms with van der Waals surface area (Å²) in [6.07, 6.45) is 0. The highest BCUT2D eigenvalue weighted by molar-refractivity contribution is 7.26. The number of fused-ring (bicyclic) bond motifs is 12. The van der Waals surface area contributed by atoms with Crippen molar-refractivity contribution in [3.8, 4) is 44.9 Å². The Morgan fingerprint density at radius 2 is 0.804 bits per heavy atom. The Labute approximate surface area is 325 Å². The molecule has 3 nitrogen and oxygen atoms in total. The van der Waals surface area contributed by atoms with Gasteiger partial charge in [-0.05, 0) is 91.0 Å². The molecule has 12 rings (SSSR count). The first-order valence-electron chi connectivity index (χ1n) is 18.9. The largest absolute Gasteiger partial charge is 0.456 e. The van der Waals surface area contributed by atoms with Crippen molar-refractivity contribution >= 4 is 85.9 Å². The number of rotatable bonds is 4. The number of hydrogen-bond donors (Lipinski definition) is 0. The minimum Gasteiger partial charge on any atom is -0.456 e. The SMILES string of the molecule is c1ccc(-c2nc(-c3ccccc3)c3sc4cc(-c5ccc6oc7ccc(-c8ccc9c%10ccccc%10c%10ccccc%10c9c8)cc7c6c5)ccc4c3n2)cc1. The lowest BCUT2D eigenvalue weighted by atomic mass is 9.92. The van der Waals surface area contributed by atoms with Gasteiger partial charge in [0.25, 0.3) is 0 Å². The molecular formula is C52H30N2OS. The molecule has 0 aliphatic carbocycles. The zero-order chi connectivity index (χ0) is 36.7. The summed E-state index contributed by atoms with van der Waals surface area (Å²) in [5.41, 5.74) is 10.5. The number of benzene rings is 9. The molecule has 0 bridgehead atoms. The minimum atomic E-state index is 0.739. The number of thiophene rings is 1. The summed E-state index contributed by atoms with van der Waals surface area (Å²) in [4.78, 5) is 10.3. The maximum atomic E-state index is 6.41. The average Bonchev–Trinajstić information content (AvgIpc) is 3.84. The average molecular weight is 731 g/mol. The van der Waals surface area contributed by atoms with Gasteiger partial charge in [0.15, 0.2) is 5.82 Å². The van der Waals surface area contributed by atoms with E-state index < -0.39 is 0 Å². The summed E-state index contributed by atoms with van der Waals surface area (Å²) < 4.78 is 8.69. The van der Waals surface area contributed by atoms with Crippen LogP contribution in [0.15, 0.2) is 186 Å². The van der Waals surface area contributed by atoms with Gasteiger partial charge in [-0.1, -0.05) is 146 Å². The number of hydrogen-bond acceptors (Lipinski definition) is 4. The Kier molecular flexibility index (Phi) is 6.80. The van der Waals surface area contributed by atoms with Gasteiger partial charge in [-0.2, -0.15) is 0 Å². The molecule has 0 unspecified atom stereocenters. The zero-order valence-electron chi connectivity index (χ0n) is 30.0. The summed E-state index contributed by atoms with van der Waals surface area (Å²) in [6, 6.07) is 65.0. The van der Waals surface area contributed by atoms with Crippen LogP contribution >= 0.6 is 11.3 Å². The molecule has 9 aromatic carbocycles. The molecule has 0 saturated carbocycles. The van der Waals surface area contributed by atoms with Crippen molar-refractivity contribution in [2.75, 3.05) is 0 Å². The Morgan fingerprint density at radius 3 is 1.41 bits per heavy atom. The van der Waals surface area contributed by atoms with Crippen molar-refractivity contribution in [1.82, 2.24) is 9.97 Å². The van der Waals surface area contributed by atoms with E-state index in [0.29, 0.717) is 0 Å². The van der Waals surface area contributed by atoms with Crippen molar-refractivity contribution in [3.63, 3.8) is 0 Å². The smallest absolute Gasteiger partial charge is 0.160 e. The maximum absolute atomic E-state index is 6.41. The number of aromatic nitrogens is 2. The highest BCUT2D eigenvalue weighted by Gasteiger charge is 2.18. The summed E-state index contributed by atoms with van der Waals surface area (Å²) in [5.74, 6) is 0.739. The normalized spacial score (nSPS) is 11.9. The Morgan fingerprint density at radius 1 is 0.339 bits per heavy atom. The van der Waals surface area contributed by atoms with Crippen LogP contribution in [0, 0.1) is 0 Å². The third-order valence-electron chi connectivity index (χ3n) is 11.3. The fourth-order valence-electron chi connectivity index (χ4n) is 8.55. The topological polar surface area (TPSA) is 38.9 Å². The lowest BCUT2D eigenvalue weighted by Gasteiger charge is -2.12. The lowest BCUT2D eigenvalue weighted by molar-refractivity contribution is 0.669. The van der Waals surface area contributed by atoms with E-state index in [0.717, 1.165) is 71.3 Å². The van der Waals surface area contributed by atoms with Crippen LogP contribution in [0.2, 0.25) is 0 Å². The monoisotopic (exact) mass is 730 g/mol. The molecule has 0 aliphatic heterocycles. The van der Waals surface area contributed by atoms with Crippen molar-refractivity contribution < 1.29 is 4.42 Å². The summed E-state index contributed by atoms with van der Waals surface area (Å²) in [5, 5.41) is 11.0. The second-order valence-electron chi connectivity index (χ2n) is 14.5. The van der Waals surface area contributed by atoms with Crippen LogP contribution in [0.1, 0.15) is 0 Å². The van der Waals surface area contributed by atoms with Gasteiger partial charge in [0.05, 0.1) is 15.9 Å². The standard InChI is InChI=1S/C52H30N2OS/c1-3-11-31(12-4-1)49-51-50(54-52(53-49)32-13-5-2-6-14-32)42-24-20-36(30-48(42)56-51)35-22-26-47-45(29-35)44-28-34(21-25-46(44)55-47)33-19-23-41-39-17-8-7-15-37(39)38-16-9-10-18-40(38)43(41)27-33/h1-30H. The van der Waals surface area contributed by atoms with Gasteiger partial charge in [0.2, 0.25) is 0 Å². The van der Waals surface area contributed by atoms with Gasteiger partial charge in [-0.3, -0.25) is 0 Å². The van der Waals surface area contributed by atoms with Crippen molar-refractivity contribution in [2.24, 2.45) is 0 Å². The van der Waals surface area contributed by atoms with Gasteiger partial charge in [-0.15, -0.1) is 11.3 Å². The van der Waals surface area contributed by atoms with Gasteiger partial charge in [-0.25, -0.2) is 9.97 Å². The molecule has 3 heterocycles. The van der Waals surface area contributed by atoms with Crippen LogP contribution in [0.5, 0.6) is 0 Å². The highest BCUT2D eigenvalue weighted by Crippen LogP contribution is 2.43. The fraction of sp³-hybridized carbons (Fsp3) is 0. The first-order valence-corrected chi connectivity index (χ1v) is 19.7. The van der Waals surface area contributed by atoms with Gasteiger partial charge >= 0.3 is 0 Å². The Bertz CT molecular complexity index is 3490.